The molecule has 62 heavy (non-hydrogen) atoms. The van der Waals surface area contributed by atoms with Crippen molar-refractivity contribution in [2.75, 3.05) is 0 Å². The first kappa shape index (κ1) is 37.5. The van der Waals surface area contributed by atoms with E-state index in [1.165, 1.54) is 132 Å². The first-order chi connectivity index (χ1) is 30.4. The molecule has 0 saturated heterocycles. The molecule has 11 aromatic rings. The lowest BCUT2D eigenvalue weighted by atomic mass is 9.80. The molecule has 0 N–H and O–H groups in total. The second-order valence-electron chi connectivity index (χ2n) is 17.1. The van der Waals surface area contributed by atoms with E-state index < -0.39 is 0 Å². The van der Waals surface area contributed by atoms with Crippen molar-refractivity contribution in [3.05, 3.63) is 229 Å². The highest BCUT2D eigenvalue weighted by atomic mass is 14.3. The highest BCUT2D eigenvalue weighted by Gasteiger charge is 2.23. The molecule has 0 aliphatic heterocycles. The molecule has 0 bridgehead atoms. The normalized spacial score (nSPS) is 11.5. The van der Waals surface area contributed by atoms with Crippen LogP contribution in [0.2, 0.25) is 0 Å². The summed E-state index contributed by atoms with van der Waals surface area (Å²) in [5.74, 6) is 0. The van der Waals surface area contributed by atoms with Gasteiger partial charge >= 0.3 is 0 Å². The fourth-order valence-corrected chi connectivity index (χ4v) is 10.0. The summed E-state index contributed by atoms with van der Waals surface area (Å²) in [5, 5.41) is 10.1. The fraction of sp³-hybridized carbons (Fsp3) is 0.0645. The first-order valence-corrected chi connectivity index (χ1v) is 21.7. The van der Waals surface area contributed by atoms with Crippen molar-refractivity contribution in [1.29, 1.82) is 0 Å². The van der Waals surface area contributed by atoms with Gasteiger partial charge in [-0.3, -0.25) is 0 Å². The number of benzene rings is 11. The Bertz CT molecular complexity index is 3300. The minimum absolute atomic E-state index is 1.21. The predicted octanol–water partition coefficient (Wildman–Crippen LogP) is 17.5. The van der Waals surface area contributed by atoms with Crippen molar-refractivity contribution < 1.29 is 0 Å². The minimum Gasteiger partial charge on any atom is -0.0622 e. The quantitative estimate of drug-likeness (QED) is 0.147. The van der Waals surface area contributed by atoms with Gasteiger partial charge < -0.3 is 0 Å². The van der Waals surface area contributed by atoms with Gasteiger partial charge in [0, 0.05) is 0 Å². The molecule has 0 radical (unpaired) electrons. The minimum atomic E-state index is 1.21. The lowest BCUT2D eigenvalue weighted by Gasteiger charge is -2.23. The Hall–Kier alpha value is -7.54. The SMILES string of the molecule is Cc1cc(-c2c3ccccc3c(-c3cc(C)c(-c4ccc5ccccc5c4)cc3C)c3cc(-c4ccccc4)c(-c4ccccc4)cc23)c(C)cc1-c1ccc2ccccc2c1. The zero-order valence-corrected chi connectivity index (χ0v) is 35.6. The van der Waals surface area contributed by atoms with Crippen molar-refractivity contribution in [2.24, 2.45) is 0 Å². The zero-order valence-electron chi connectivity index (χ0n) is 35.6. The summed E-state index contributed by atoms with van der Waals surface area (Å²) >= 11 is 0. The summed E-state index contributed by atoms with van der Waals surface area (Å²) in [6.45, 7) is 9.14. The second-order valence-corrected chi connectivity index (χ2v) is 17.1. The Labute approximate surface area is 364 Å². The van der Waals surface area contributed by atoms with E-state index in [2.05, 4.69) is 234 Å². The van der Waals surface area contributed by atoms with Crippen molar-refractivity contribution in [2.45, 2.75) is 27.7 Å². The van der Waals surface area contributed by atoms with Crippen LogP contribution in [0.5, 0.6) is 0 Å². The van der Waals surface area contributed by atoms with Crippen LogP contribution in [0.3, 0.4) is 0 Å². The summed E-state index contributed by atoms with van der Waals surface area (Å²) < 4.78 is 0. The highest BCUT2D eigenvalue weighted by molar-refractivity contribution is 6.23. The molecule has 0 nitrogen and oxygen atoms in total. The molecule has 11 aromatic carbocycles. The van der Waals surface area contributed by atoms with E-state index >= 15 is 0 Å². The van der Waals surface area contributed by atoms with E-state index in [0.717, 1.165) is 0 Å². The maximum absolute atomic E-state index is 2.50. The van der Waals surface area contributed by atoms with E-state index in [1.54, 1.807) is 0 Å². The average Bonchev–Trinajstić information content (AvgIpc) is 3.32. The third kappa shape index (κ3) is 6.39. The van der Waals surface area contributed by atoms with E-state index in [1.807, 2.05) is 0 Å². The van der Waals surface area contributed by atoms with Gasteiger partial charge in [-0.1, -0.05) is 182 Å². The molecule has 0 heteroatoms. The van der Waals surface area contributed by atoms with Gasteiger partial charge in [0.25, 0.3) is 0 Å². The van der Waals surface area contributed by atoms with Crippen LogP contribution in [0.15, 0.2) is 206 Å². The largest absolute Gasteiger partial charge is 0.0622 e. The average molecular weight is 791 g/mol. The molecule has 0 unspecified atom stereocenters. The van der Waals surface area contributed by atoms with Crippen LogP contribution in [0.1, 0.15) is 22.3 Å². The summed E-state index contributed by atoms with van der Waals surface area (Å²) in [7, 11) is 0. The smallest absolute Gasteiger partial charge is 0.00234 e. The summed E-state index contributed by atoms with van der Waals surface area (Å²) in [5.41, 5.74) is 20.1. The molecule has 0 heterocycles. The molecule has 0 aliphatic carbocycles. The Balaban J connectivity index is 1.21. The molecule has 294 valence electrons. The first-order valence-electron chi connectivity index (χ1n) is 21.7. The number of hydrogen-bond donors (Lipinski definition) is 0. The Morgan fingerprint density at radius 2 is 0.548 bits per heavy atom. The summed E-state index contributed by atoms with van der Waals surface area (Å²) in [4.78, 5) is 0. The maximum atomic E-state index is 2.50. The summed E-state index contributed by atoms with van der Waals surface area (Å²) in [6, 6.07) is 76.7. The predicted molar refractivity (Wildman–Crippen MR) is 268 cm³/mol. The van der Waals surface area contributed by atoms with Gasteiger partial charge in [-0.05, 0) is 184 Å². The lowest BCUT2D eigenvalue weighted by Crippen LogP contribution is -1.98. The molecule has 0 spiro atoms. The van der Waals surface area contributed by atoms with Crippen molar-refractivity contribution in [3.63, 3.8) is 0 Å². The van der Waals surface area contributed by atoms with Crippen molar-refractivity contribution >= 4 is 43.1 Å². The van der Waals surface area contributed by atoms with Crippen molar-refractivity contribution in [1.82, 2.24) is 0 Å². The monoisotopic (exact) mass is 790 g/mol. The molecule has 0 amide bonds. The summed E-state index contributed by atoms with van der Waals surface area (Å²) in [6.07, 6.45) is 0. The Kier molecular flexibility index (Phi) is 9.17. The van der Waals surface area contributed by atoms with Crippen molar-refractivity contribution in [3.8, 4) is 66.8 Å². The van der Waals surface area contributed by atoms with Gasteiger partial charge in [-0.15, -0.1) is 0 Å². The number of aryl methyl sites for hydroxylation is 4. The molecule has 0 fully saturated rings. The Morgan fingerprint density at radius 3 is 0.968 bits per heavy atom. The van der Waals surface area contributed by atoms with E-state index in [9.17, 15) is 0 Å². The molecule has 0 atom stereocenters. The Morgan fingerprint density at radius 1 is 0.210 bits per heavy atom. The zero-order chi connectivity index (χ0) is 41.9. The van der Waals surface area contributed by atoms with Gasteiger partial charge in [0.05, 0.1) is 0 Å². The molecular weight excluding hydrogens is 745 g/mol. The molecular formula is C62H46. The fourth-order valence-electron chi connectivity index (χ4n) is 10.0. The number of fused-ring (bicyclic) bond motifs is 4. The van der Waals surface area contributed by atoms with E-state index in [0.29, 0.717) is 0 Å². The van der Waals surface area contributed by atoms with Crippen LogP contribution >= 0.6 is 0 Å². The highest BCUT2D eigenvalue weighted by Crippen LogP contribution is 2.50. The van der Waals surface area contributed by atoms with Gasteiger partial charge in [0.15, 0.2) is 0 Å². The molecule has 0 aliphatic rings. The van der Waals surface area contributed by atoms with Gasteiger partial charge in [0.1, 0.15) is 0 Å². The molecule has 0 aromatic heterocycles. The van der Waals surface area contributed by atoms with Crippen LogP contribution in [0.4, 0.5) is 0 Å². The third-order valence-electron chi connectivity index (χ3n) is 13.1. The van der Waals surface area contributed by atoms with Gasteiger partial charge in [-0.2, -0.15) is 0 Å². The third-order valence-corrected chi connectivity index (χ3v) is 13.1. The number of rotatable bonds is 6. The van der Waals surface area contributed by atoms with Crippen LogP contribution in [-0.4, -0.2) is 0 Å². The van der Waals surface area contributed by atoms with Crippen LogP contribution in [-0.2, 0) is 0 Å². The molecule has 0 saturated carbocycles. The van der Waals surface area contributed by atoms with Crippen LogP contribution in [0, 0.1) is 27.7 Å². The van der Waals surface area contributed by atoms with E-state index in [-0.39, 0.29) is 0 Å². The van der Waals surface area contributed by atoms with Gasteiger partial charge in [0.2, 0.25) is 0 Å². The second kappa shape index (κ2) is 15.2. The number of hydrogen-bond acceptors (Lipinski definition) is 0. The van der Waals surface area contributed by atoms with Crippen LogP contribution < -0.4 is 0 Å². The topological polar surface area (TPSA) is 0 Å². The maximum Gasteiger partial charge on any atom is -0.00234 e. The van der Waals surface area contributed by atoms with Crippen LogP contribution in [0.25, 0.3) is 110 Å². The van der Waals surface area contributed by atoms with E-state index in [4.69, 9.17) is 0 Å². The van der Waals surface area contributed by atoms with Gasteiger partial charge in [-0.25, -0.2) is 0 Å². The standard InChI is InChI=1S/C62H46/c1-39-33-55(41(3)31-53(39)49-29-27-43-17-11-13-23-47(43)35-49)61-51-25-15-16-26-52(51)62(56-34-40(2)54(32-42(56)4)50-30-28-44-18-12-14-24-48(44)36-50)60-38-58(46-21-9-6-10-22-46)57(37-59(60)61)45-19-7-5-8-20-45/h5-38H,1-4H3. The molecule has 11 rings (SSSR count). The lowest BCUT2D eigenvalue weighted by molar-refractivity contribution is 1.39.